The SMILES string of the molecule is CCCc1c(Cn2ccnc2-c2ncccc2F)ncn2c(C(=O)O)nnc12. The molecule has 0 aliphatic rings. The molecule has 4 aromatic heterocycles. The molecular weight excluding hydrogens is 365 g/mol. The molecule has 0 amide bonds. The van der Waals surface area contributed by atoms with Crippen LogP contribution in [0.2, 0.25) is 0 Å². The van der Waals surface area contributed by atoms with Gasteiger partial charge in [0, 0.05) is 24.2 Å². The summed E-state index contributed by atoms with van der Waals surface area (Å²) in [6, 6.07) is 2.85. The fraction of sp³-hybridized carbons (Fsp3) is 0.222. The molecular formula is C18H16FN7O2. The third-order valence-electron chi connectivity index (χ3n) is 4.34. The zero-order valence-corrected chi connectivity index (χ0v) is 14.9. The third kappa shape index (κ3) is 2.98. The summed E-state index contributed by atoms with van der Waals surface area (Å²) in [6.45, 7) is 2.32. The molecule has 0 aliphatic carbocycles. The van der Waals surface area contributed by atoms with Gasteiger partial charge in [0.05, 0.1) is 12.2 Å². The van der Waals surface area contributed by atoms with E-state index in [4.69, 9.17) is 0 Å². The zero-order valence-electron chi connectivity index (χ0n) is 14.9. The van der Waals surface area contributed by atoms with Crippen LogP contribution < -0.4 is 0 Å². The Balaban J connectivity index is 1.79. The molecule has 1 N–H and O–H groups in total. The Morgan fingerprint density at radius 3 is 2.82 bits per heavy atom. The number of hydrogen-bond donors (Lipinski definition) is 1. The van der Waals surface area contributed by atoms with Crippen molar-refractivity contribution in [3.8, 4) is 11.5 Å². The lowest BCUT2D eigenvalue weighted by atomic mass is 10.1. The highest BCUT2D eigenvalue weighted by Gasteiger charge is 2.19. The summed E-state index contributed by atoms with van der Waals surface area (Å²) in [6.07, 6.45) is 7.65. The molecule has 4 rings (SSSR count). The highest BCUT2D eigenvalue weighted by Crippen LogP contribution is 2.22. The van der Waals surface area contributed by atoms with Crippen molar-refractivity contribution < 1.29 is 14.3 Å². The van der Waals surface area contributed by atoms with E-state index in [9.17, 15) is 14.3 Å². The minimum atomic E-state index is -1.17. The van der Waals surface area contributed by atoms with Crippen molar-refractivity contribution in [2.24, 2.45) is 0 Å². The number of halogens is 1. The standard InChI is InChI=1S/C18H16FN7O2/c1-2-4-11-13(22-10-26-15(11)23-24-17(26)18(27)28)9-25-8-7-21-16(25)14-12(19)5-3-6-20-14/h3,5-8,10H,2,4,9H2,1H3,(H,27,28). The fourth-order valence-electron chi connectivity index (χ4n) is 3.09. The van der Waals surface area contributed by atoms with Crippen LogP contribution >= 0.6 is 0 Å². The molecule has 0 spiro atoms. The summed E-state index contributed by atoms with van der Waals surface area (Å²) >= 11 is 0. The summed E-state index contributed by atoms with van der Waals surface area (Å²) in [5, 5.41) is 17.0. The summed E-state index contributed by atoms with van der Waals surface area (Å²) in [7, 11) is 0. The molecule has 4 aromatic rings. The first-order valence-electron chi connectivity index (χ1n) is 8.67. The quantitative estimate of drug-likeness (QED) is 0.545. The lowest BCUT2D eigenvalue weighted by Crippen LogP contribution is -2.11. The van der Waals surface area contributed by atoms with Crippen molar-refractivity contribution in [2.45, 2.75) is 26.3 Å². The lowest BCUT2D eigenvalue weighted by molar-refractivity contribution is 0.0682. The Morgan fingerprint density at radius 2 is 2.07 bits per heavy atom. The monoisotopic (exact) mass is 381 g/mol. The van der Waals surface area contributed by atoms with E-state index < -0.39 is 11.8 Å². The Hall–Kier alpha value is -3.69. The first-order chi connectivity index (χ1) is 13.6. The molecule has 0 saturated heterocycles. The molecule has 4 heterocycles. The molecule has 9 nitrogen and oxygen atoms in total. The van der Waals surface area contributed by atoms with Crippen LogP contribution in [0.25, 0.3) is 17.2 Å². The average molecular weight is 381 g/mol. The van der Waals surface area contributed by atoms with E-state index in [0.29, 0.717) is 30.1 Å². The normalized spacial score (nSPS) is 11.2. The van der Waals surface area contributed by atoms with Gasteiger partial charge in [-0.1, -0.05) is 13.3 Å². The van der Waals surface area contributed by atoms with Crippen LogP contribution in [0.5, 0.6) is 0 Å². The van der Waals surface area contributed by atoms with Crippen molar-refractivity contribution >= 4 is 11.6 Å². The van der Waals surface area contributed by atoms with Crippen molar-refractivity contribution in [2.75, 3.05) is 0 Å². The number of nitrogens with zero attached hydrogens (tertiary/aromatic N) is 7. The van der Waals surface area contributed by atoms with E-state index in [2.05, 4.69) is 25.1 Å². The Kier molecular flexibility index (Phi) is 4.52. The highest BCUT2D eigenvalue weighted by molar-refractivity contribution is 5.84. The van der Waals surface area contributed by atoms with Gasteiger partial charge in [-0.15, -0.1) is 10.2 Å². The summed E-state index contributed by atoms with van der Waals surface area (Å²) in [5.41, 5.74) is 2.09. The van der Waals surface area contributed by atoms with Crippen LogP contribution in [-0.4, -0.2) is 45.2 Å². The second-order valence-electron chi connectivity index (χ2n) is 6.15. The van der Waals surface area contributed by atoms with Crippen molar-refractivity contribution in [3.05, 3.63) is 59.9 Å². The predicted molar refractivity (Wildman–Crippen MR) is 96.3 cm³/mol. The average Bonchev–Trinajstić information content (AvgIpc) is 3.31. The third-order valence-corrected chi connectivity index (χ3v) is 4.34. The van der Waals surface area contributed by atoms with E-state index in [1.165, 1.54) is 29.1 Å². The van der Waals surface area contributed by atoms with E-state index in [1.807, 2.05) is 6.92 Å². The van der Waals surface area contributed by atoms with E-state index in [0.717, 1.165) is 12.0 Å². The molecule has 0 fully saturated rings. The molecule has 0 bridgehead atoms. The highest BCUT2D eigenvalue weighted by atomic mass is 19.1. The topological polar surface area (TPSA) is 111 Å². The molecule has 0 atom stereocenters. The van der Waals surface area contributed by atoms with Crippen LogP contribution in [0.4, 0.5) is 4.39 Å². The summed E-state index contributed by atoms with van der Waals surface area (Å²) < 4.78 is 17.3. The smallest absolute Gasteiger partial charge is 0.374 e. The molecule has 0 radical (unpaired) electrons. The number of aromatic carboxylic acids is 1. The summed E-state index contributed by atoms with van der Waals surface area (Å²) in [4.78, 5) is 24.1. The second kappa shape index (κ2) is 7.14. The Labute approximate surface area is 158 Å². The first kappa shape index (κ1) is 17.7. The van der Waals surface area contributed by atoms with Gasteiger partial charge in [0.25, 0.3) is 0 Å². The number of rotatable bonds is 6. The van der Waals surface area contributed by atoms with Crippen molar-refractivity contribution in [1.82, 2.24) is 34.1 Å². The minimum absolute atomic E-state index is 0.154. The van der Waals surface area contributed by atoms with E-state index in [1.54, 1.807) is 17.0 Å². The molecule has 142 valence electrons. The van der Waals surface area contributed by atoms with Gasteiger partial charge in [0.1, 0.15) is 12.0 Å². The molecule has 28 heavy (non-hydrogen) atoms. The Bertz CT molecular complexity index is 1170. The maximum atomic E-state index is 14.1. The van der Waals surface area contributed by atoms with Gasteiger partial charge in [-0.25, -0.2) is 24.1 Å². The number of carboxylic acids is 1. The fourth-order valence-corrected chi connectivity index (χ4v) is 3.09. The molecule has 10 heteroatoms. The van der Waals surface area contributed by atoms with E-state index >= 15 is 0 Å². The van der Waals surface area contributed by atoms with Crippen LogP contribution in [-0.2, 0) is 13.0 Å². The van der Waals surface area contributed by atoms with Crippen LogP contribution in [0.3, 0.4) is 0 Å². The number of aromatic nitrogens is 7. The minimum Gasteiger partial charge on any atom is -0.475 e. The van der Waals surface area contributed by atoms with Crippen LogP contribution in [0, 0.1) is 5.82 Å². The van der Waals surface area contributed by atoms with Gasteiger partial charge in [-0.3, -0.25) is 4.40 Å². The van der Waals surface area contributed by atoms with Gasteiger partial charge in [-0.05, 0) is 18.6 Å². The molecule has 0 aromatic carbocycles. The number of imidazole rings is 1. The Morgan fingerprint density at radius 1 is 1.21 bits per heavy atom. The molecule has 0 aliphatic heterocycles. The van der Waals surface area contributed by atoms with E-state index in [-0.39, 0.29) is 11.5 Å². The van der Waals surface area contributed by atoms with Crippen LogP contribution in [0.15, 0.2) is 37.1 Å². The number of hydrogen-bond acceptors (Lipinski definition) is 6. The second-order valence-corrected chi connectivity index (χ2v) is 6.15. The van der Waals surface area contributed by atoms with Crippen molar-refractivity contribution in [3.63, 3.8) is 0 Å². The number of pyridine rings is 1. The van der Waals surface area contributed by atoms with Gasteiger partial charge in [0.15, 0.2) is 17.3 Å². The number of carbonyl (C=O) groups is 1. The predicted octanol–water partition coefficient (Wildman–Crippen LogP) is 2.22. The maximum absolute atomic E-state index is 14.1. The van der Waals surface area contributed by atoms with Crippen LogP contribution in [0.1, 0.15) is 35.2 Å². The summed E-state index contributed by atoms with van der Waals surface area (Å²) in [5.74, 6) is -1.44. The zero-order chi connectivity index (χ0) is 19.7. The van der Waals surface area contributed by atoms with Crippen molar-refractivity contribution in [1.29, 1.82) is 0 Å². The van der Waals surface area contributed by atoms with Gasteiger partial charge >= 0.3 is 5.97 Å². The van der Waals surface area contributed by atoms with Gasteiger partial charge in [0.2, 0.25) is 5.82 Å². The maximum Gasteiger partial charge on any atom is 0.374 e. The van der Waals surface area contributed by atoms with Gasteiger partial charge in [-0.2, -0.15) is 0 Å². The molecule has 0 saturated carbocycles. The first-order valence-corrected chi connectivity index (χ1v) is 8.67. The number of fused-ring (bicyclic) bond motifs is 1. The lowest BCUT2D eigenvalue weighted by Gasteiger charge is -2.12. The molecule has 0 unspecified atom stereocenters. The number of aryl methyl sites for hydroxylation is 1. The largest absolute Gasteiger partial charge is 0.475 e. The number of carboxylic acid groups (broad SMARTS) is 1. The van der Waals surface area contributed by atoms with Gasteiger partial charge < -0.3 is 9.67 Å².